The number of nitrogens with zero attached hydrogens (tertiary/aromatic N) is 2. The highest BCUT2D eigenvalue weighted by atomic mass is 19.1. The first-order valence-electron chi connectivity index (χ1n) is 9.10. The zero-order valence-corrected chi connectivity index (χ0v) is 16.1. The minimum Gasteiger partial charge on any atom is -0.443 e. The first kappa shape index (κ1) is 19.9. The van der Waals surface area contributed by atoms with Crippen LogP contribution in [-0.4, -0.2) is 24.0 Å². The second-order valence-electron chi connectivity index (χ2n) is 7.22. The van der Waals surface area contributed by atoms with Gasteiger partial charge in [0, 0.05) is 18.5 Å². The molecule has 0 saturated heterocycles. The van der Waals surface area contributed by atoms with Crippen molar-refractivity contribution >= 4 is 5.96 Å². The van der Waals surface area contributed by atoms with Crippen LogP contribution in [0.2, 0.25) is 0 Å². The van der Waals surface area contributed by atoms with Gasteiger partial charge in [0.25, 0.3) is 0 Å². The lowest BCUT2D eigenvalue weighted by Crippen LogP contribution is -2.37. The molecule has 2 aromatic rings. The van der Waals surface area contributed by atoms with Crippen molar-refractivity contribution in [3.8, 4) is 0 Å². The Morgan fingerprint density at radius 3 is 2.73 bits per heavy atom. The van der Waals surface area contributed by atoms with Crippen LogP contribution < -0.4 is 10.6 Å². The van der Waals surface area contributed by atoms with Crippen LogP contribution in [0.5, 0.6) is 0 Å². The van der Waals surface area contributed by atoms with E-state index in [-0.39, 0.29) is 11.2 Å². The van der Waals surface area contributed by atoms with Crippen LogP contribution in [0.4, 0.5) is 4.39 Å². The van der Waals surface area contributed by atoms with Gasteiger partial charge in [0.1, 0.15) is 18.1 Å². The number of nitrogens with one attached hydrogen (secondary N) is 2. The normalized spacial score (nSPS) is 12.3. The lowest BCUT2D eigenvalue weighted by atomic mass is 9.94. The zero-order chi connectivity index (χ0) is 19.0. The van der Waals surface area contributed by atoms with Gasteiger partial charge in [0.05, 0.1) is 6.20 Å². The fourth-order valence-corrected chi connectivity index (χ4v) is 2.41. The van der Waals surface area contributed by atoms with E-state index in [1.165, 1.54) is 6.07 Å². The Kier molecular flexibility index (Phi) is 7.18. The number of halogens is 1. The Hall–Kier alpha value is -2.37. The summed E-state index contributed by atoms with van der Waals surface area (Å²) in [6.45, 7) is 10.2. The van der Waals surface area contributed by atoms with E-state index in [0.29, 0.717) is 12.4 Å². The molecule has 0 radical (unpaired) electrons. The van der Waals surface area contributed by atoms with Crippen molar-refractivity contribution in [2.75, 3.05) is 13.1 Å². The van der Waals surface area contributed by atoms with Crippen LogP contribution in [0, 0.1) is 5.82 Å². The van der Waals surface area contributed by atoms with Gasteiger partial charge in [-0.25, -0.2) is 14.4 Å². The summed E-state index contributed by atoms with van der Waals surface area (Å²) >= 11 is 0. The Morgan fingerprint density at radius 1 is 1.27 bits per heavy atom. The highest BCUT2D eigenvalue weighted by molar-refractivity contribution is 5.79. The second kappa shape index (κ2) is 9.36. The number of benzene rings is 1. The lowest BCUT2D eigenvalue weighted by molar-refractivity contribution is 0.383. The number of aromatic nitrogens is 1. The largest absolute Gasteiger partial charge is 0.443 e. The minimum absolute atomic E-state index is 0.0609. The van der Waals surface area contributed by atoms with Crippen molar-refractivity contribution in [3.05, 3.63) is 53.5 Å². The maximum absolute atomic E-state index is 13.2. The first-order chi connectivity index (χ1) is 12.4. The molecule has 1 aromatic carbocycles. The molecule has 0 atom stereocenters. The van der Waals surface area contributed by atoms with Gasteiger partial charge in [-0.05, 0) is 37.5 Å². The van der Waals surface area contributed by atoms with E-state index < -0.39 is 0 Å². The van der Waals surface area contributed by atoms with E-state index in [0.717, 1.165) is 43.2 Å². The standard InChI is InChI=1S/C20H29FN4O/c1-5-22-19(23-11-7-9-15-8-6-10-16(21)12-15)25-14-18-24-13-17(26-18)20(2,3)4/h6,8,10,12-13H,5,7,9,11,14H2,1-4H3,(H2,22,23,25). The molecule has 1 aromatic heterocycles. The molecule has 5 nitrogen and oxygen atoms in total. The molecule has 0 aliphatic carbocycles. The smallest absolute Gasteiger partial charge is 0.216 e. The first-order valence-corrected chi connectivity index (χ1v) is 9.10. The van der Waals surface area contributed by atoms with Crippen LogP contribution >= 0.6 is 0 Å². The summed E-state index contributed by atoms with van der Waals surface area (Å²) in [4.78, 5) is 8.81. The molecule has 0 fully saturated rings. The van der Waals surface area contributed by atoms with Crippen molar-refractivity contribution in [3.63, 3.8) is 0 Å². The van der Waals surface area contributed by atoms with E-state index in [1.807, 2.05) is 13.0 Å². The molecule has 0 amide bonds. The summed E-state index contributed by atoms with van der Waals surface area (Å²) in [7, 11) is 0. The summed E-state index contributed by atoms with van der Waals surface area (Å²) in [5, 5.41) is 6.50. The van der Waals surface area contributed by atoms with Gasteiger partial charge in [0.15, 0.2) is 5.96 Å². The molecule has 26 heavy (non-hydrogen) atoms. The van der Waals surface area contributed by atoms with E-state index >= 15 is 0 Å². The van der Waals surface area contributed by atoms with Crippen molar-refractivity contribution in [1.82, 2.24) is 15.6 Å². The van der Waals surface area contributed by atoms with Crippen LogP contribution in [0.1, 0.15) is 51.3 Å². The van der Waals surface area contributed by atoms with Crippen molar-refractivity contribution in [2.24, 2.45) is 4.99 Å². The summed E-state index contributed by atoms with van der Waals surface area (Å²) in [5.41, 5.74) is 0.942. The molecule has 0 aliphatic heterocycles. The predicted molar refractivity (Wildman–Crippen MR) is 103 cm³/mol. The monoisotopic (exact) mass is 360 g/mol. The highest BCUT2D eigenvalue weighted by Crippen LogP contribution is 2.22. The van der Waals surface area contributed by atoms with Crippen LogP contribution in [0.15, 0.2) is 39.9 Å². The fraction of sp³-hybridized carbons (Fsp3) is 0.500. The van der Waals surface area contributed by atoms with Gasteiger partial charge in [-0.1, -0.05) is 32.9 Å². The maximum atomic E-state index is 13.2. The van der Waals surface area contributed by atoms with Crippen molar-refractivity contribution in [2.45, 2.75) is 52.5 Å². The Morgan fingerprint density at radius 2 is 2.08 bits per heavy atom. The third-order valence-electron chi connectivity index (χ3n) is 3.83. The average Bonchev–Trinajstić information content (AvgIpc) is 3.06. The SMILES string of the molecule is CCNC(=NCc1ncc(C(C)(C)C)o1)NCCCc1cccc(F)c1. The quantitative estimate of drug-likeness (QED) is 0.448. The molecular weight excluding hydrogens is 331 g/mol. The molecule has 2 N–H and O–H groups in total. The number of hydrogen-bond donors (Lipinski definition) is 2. The number of guanidine groups is 1. The second-order valence-corrected chi connectivity index (χ2v) is 7.22. The number of aliphatic imine (C=N–C) groups is 1. The van der Waals surface area contributed by atoms with Gasteiger partial charge >= 0.3 is 0 Å². The molecule has 0 bridgehead atoms. The summed E-state index contributed by atoms with van der Waals surface area (Å²) in [6, 6.07) is 6.73. The Balaban J connectivity index is 1.83. The Labute approximate surface area is 155 Å². The van der Waals surface area contributed by atoms with E-state index in [1.54, 1.807) is 18.3 Å². The van der Waals surface area contributed by atoms with Gasteiger partial charge in [0.2, 0.25) is 5.89 Å². The summed E-state index contributed by atoms with van der Waals surface area (Å²) in [5.74, 6) is 2.00. The maximum Gasteiger partial charge on any atom is 0.216 e. The number of aryl methyl sites for hydroxylation is 1. The average molecular weight is 360 g/mol. The van der Waals surface area contributed by atoms with Gasteiger partial charge < -0.3 is 15.1 Å². The minimum atomic E-state index is -0.189. The van der Waals surface area contributed by atoms with E-state index in [2.05, 4.69) is 41.4 Å². The van der Waals surface area contributed by atoms with Crippen LogP contribution in [0.3, 0.4) is 0 Å². The van der Waals surface area contributed by atoms with E-state index in [9.17, 15) is 4.39 Å². The third kappa shape index (κ3) is 6.50. The molecule has 2 rings (SSSR count). The number of rotatable bonds is 7. The molecule has 0 saturated carbocycles. The summed E-state index contributed by atoms with van der Waals surface area (Å²) in [6.07, 6.45) is 3.48. The van der Waals surface area contributed by atoms with Gasteiger partial charge in [-0.15, -0.1) is 0 Å². The predicted octanol–water partition coefficient (Wildman–Crippen LogP) is 3.80. The molecule has 1 heterocycles. The molecule has 6 heteroatoms. The van der Waals surface area contributed by atoms with Crippen molar-refractivity contribution in [1.29, 1.82) is 0 Å². The Bertz CT molecular complexity index is 719. The fourth-order valence-electron chi connectivity index (χ4n) is 2.41. The number of hydrogen-bond acceptors (Lipinski definition) is 3. The summed E-state index contributed by atoms with van der Waals surface area (Å²) < 4.78 is 18.9. The molecule has 142 valence electrons. The zero-order valence-electron chi connectivity index (χ0n) is 16.1. The molecule has 0 aliphatic rings. The van der Waals surface area contributed by atoms with Gasteiger partial charge in [-0.3, -0.25) is 0 Å². The van der Waals surface area contributed by atoms with Crippen LogP contribution in [-0.2, 0) is 18.4 Å². The van der Waals surface area contributed by atoms with Crippen LogP contribution in [0.25, 0.3) is 0 Å². The third-order valence-corrected chi connectivity index (χ3v) is 3.83. The topological polar surface area (TPSA) is 62.5 Å². The highest BCUT2D eigenvalue weighted by Gasteiger charge is 2.18. The van der Waals surface area contributed by atoms with E-state index in [4.69, 9.17) is 4.42 Å². The number of oxazole rings is 1. The lowest BCUT2D eigenvalue weighted by Gasteiger charge is -2.13. The molecule has 0 unspecified atom stereocenters. The molecular formula is C20H29FN4O. The van der Waals surface area contributed by atoms with Crippen molar-refractivity contribution < 1.29 is 8.81 Å². The molecule has 0 spiro atoms. The van der Waals surface area contributed by atoms with Gasteiger partial charge in [-0.2, -0.15) is 0 Å².